The summed E-state index contributed by atoms with van der Waals surface area (Å²) in [6.07, 6.45) is -6.00. The first kappa shape index (κ1) is 17.5. The van der Waals surface area contributed by atoms with Crippen molar-refractivity contribution in [3.05, 3.63) is 0 Å². The Bertz CT molecular complexity index is 165. The SMILES string of the molecule is O=CC=O.OC[C@@H](O)[C@@H](O)[C@H](O)[C@@H](O)CO. The quantitative estimate of drug-likeness (QED) is 0.201. The molecule has 0 radical (unpaired) electrons. The third-order valence-electron chi connectivity index (χ3n) is 1.57. The third-order valence-corrected chi connectivity index (χ3v) is 1.57. The lowest BCUT2D eigenvalue weighted by atomic mass is 10.0. The molecule has 0 spiro atoms. The monoisotopic (exact) mass is 240 g/mol. The molecule has 0 aromatic carbocycles. The highest BCUT2D eigenvalue weighted by Crippen LogP contribution is 2.03. The molecule has 0 saturated heterocycles. The Hall–Kier alpha value is -0.900. The molecule has 0 rings (SSSR count). The predicted octanol–water partition coefficient (Wildman–Crippen LogP) is -4.20. The summed E-state index contributed by atoms with van der Waals surface area (Å²) in [7, 11) is 0. The number of aliphatic hydroxyl groups excluding tert-OH is 6. The van der Waals surface area contributed by atoms with E-state index in [1.807, 2.05) is 0 Å². The van der Waals surface area contributed by atoms with Gasteiger partial charge in [-0.05, 0) is 0 Å². The normalized spacial score (nSPS) is 17.4. The van der Waals surface area contributed by atoms with Crippen LogP contribution in [0.5, 0.6) is 0 Å². The van der Waals surface area contributed by atoms with E-state index in [-0.39, 0.29) is 12.6 Å². The minimum Gasteiger partial charge on any atom is -0.394 e. The van der Waals surface area contributed by atoms with Gasteiger partial charge in [-0.25, -0.2) is 0 Å². The van der Waals surface area contributed by atoms with Gasteiger partial charge in [0.2, 0.25) is 0 Å². The van der Waals surface area contributed by atoms with Crippen LogP contribution in [0.2, 0.25) is 0 Å². The molecule has 0 unspecified atom stereocenters. The van der Waals surface area contributed by atoms with Gasteiger partial charge in [0.25, 0.3) is 0 Å². The van der Waals surface area contributed by atoms with Crippen LogP contribution in [0.4, 0.5) is 0 Å². The van der Waals surface area contributed by atoms with Crippen LogP contribution >= 0.6 is 0 Å². The molecule has 0 aliphatic heterocycles. The van der Waals surface area contributed by atoms with E-state index in [9.17, 15) is 0 Å². The highest BCUT2D eigenvalue weighted by Gasteiger charge is 2.29. The molecule has 0 aliphatic rings. The fourth-order valence-corrected chi connectivity index (χ4v) is 0.671. The molecular weight excluding hydrogens is 224 g/mol. The number of carbonyl (C=O) groups is 2. The maximum absolute atomic E-state index is 8.96. The van der Waals surface area contributed by atoms with Crippen molar-refractivity contribution in [2.24, 2.45) is 0 Å². The Kier molecular flexibility index (Phi) is 11.6. The Labute approximate surface area is 91.4 Å². The van der Waals surface area contributed by atoms with E-state index in [1.165, 1.54) is 0 Å². The maximum Gasteiger partial charge on any atom is 0.182 e. The van der Waals surface area contributed by atoms with Gasteiger partial charge in [0, 0.05) is 0 Å². The van der Waals surface area contributed by atoms with Gasteiger partial charge in [-0.1, -0.05) is 0 Å². The molecule has 16 heavy (non-hydrogen) atoms. The summed E-state index contributed by atoms with van der Waals surface area (Å²) in [4.78, 5) is 17.6. The molecule has 0 bridgehead atoms. The van der Waals surface area contributed by atoms with Crippen molar-refractivity contribution in [3.63, 3.8) is 0 Å². The van der Waals surface area contributed by atoms with Crippen LogP contribution in [-0.4, -0.2) is 80.8 Å². The van der Waals surface area contributed by atoms with Gasteiger partial charge in [0.1, 0.15) is 24.4 Å². The lowest BCUT2D eigenvalue weighted by Gasteiger charge is -2.24. The summed E-state index contributed by atoms with van der Waals surface area (Å²) in [6, 6.07) is 0. The van der Waals surface area contributed by atoms with Gasteiger partial charge in [0.05, 0.1) is 13.2 Å². The number of hydrogen-bond acceptors (Lipinski definition) is 8. The predicted molar refractivity (Wildman–Crippen MR) is 50.3 cm³/mol. The zero-order chi connectivity index (χ0) is 13.1. The molecule has 0 amide bonds. The van der Waals surface area contributed by atoms with Crippen molar-refractivity contribution in [1.82, 2.24) is 0 Å². The van der Waals surface area contributed by atoms with Crippen molar-refractivity contribution in [2.45, 2.75) is 24.4 Å². The zero-order valence-electron chi connectivity index (χ0n) is 8.38. The second kappa shape index (κ2) is 10.6. The van der Waals surface area contributed by atoms with Crippen molar-refractivity contribution in [2.75, 3.05) is 13.2 Å². The summed E-state index contributed by atoms with van der Waals surface area (Å²) in [6.45, 7) is -1.45. The molecule has 96 valence electrons. The first-order valence-electron chi connectivity index (χ1n) is 4.29. The van der Waals surface area contributed by atoms with Gasteiger partial charge < -0.3 is 30.6 Å². The van der Waals surface area contributed by atoms with Gasteiger partial charge in [0.15, 0.2) is 12.6 Å². The highest BCUT2D eigenvalue weighted by atomic mass is 16.4. The lowest BCUT2D eigenvalue weighted by molar-refractivity contribution is -0.123. The Morgan fingerprint density at radius 2 is 1.00 bits per heavy atom. The van der Waals surface area contributed by atoms with E-state index in [0.29, 0.717) is 0 Å². The molecule has 6 N–H and O–H groups in total. The van der Waals surface area contributed by atoms with E-state index < -0.39 is 37.6 Å². The number of carbonyl (C=O) groups excluding carboxylic acids is 2. The van der Waals surface area contributed by atoms with Crippen LogP contribution in [-0.2, 0) is 9.59 Å². The van der Waals surface area contributed by atoms with Gasteiger partial charge in [-0.3, -0.25) is 9.59 Å². The average Bonchev–Trinajstić information content (AvgIpc) is 2.34. The van der Waals surface area contributed by atoms with Crippen LogP contribution in [0, 0.1) is 0 Å². The van der Waals surface area contributed by atoms with E-state index in [1.54, 1.807) is 0 Å². The number of aliphatic hydroxyl groups is 6. The number of aldehydes is 2. The summed E-state index contributed by atoms with van der Waals surface area (Å²) in [5, 5.41) is 52.2. The van der Waals surface area contributed by atoms with Crippen molar-refractivity contribution >= 4 is 12.6 Å². The third kappa shape index (κ3) is 7.40. The molecular formula is C8H16O8. The Balaban J connectivity index is 0. The lowest BCUT2D eigenvalue weighted by Crippen LogP contribution is -2.46. The molecule has 8 nitrogen and oxygen atoms in total. The van der Waals surface area contributed by atoms with Crippen LogP contribution in [0.15, 0.2) is 0 Å². The topological polar surface area (TPSA) is 156 Å². The molecule has 0 saturated carbocycles. The van der Waals surface area contributed by atoms with E-state index >= 15 is 0 Å². The van der Waals surface area contributed by atoms with Gasteiger partial charge in [-0.15, -0.1) is 0 Å². The standard InChI is InChI=1S/C6H14O6.C2H2O2/c7-1-3(9)5(11)6(12)4(10)2-8;3-1-2-4/h3-12H,1-2H2;1-2H/t3-,4+,5-,6-;/m1./s1. The summed E-state index contributed by atoms with van der Waals surface area (Å²) in [5.41, 5.74) is 0. The fraction of sp³-hybridized carbons (Fsp3) is 0.750. The maximum atomic E-state index is 8.96. The first-order valence-corrected chi connectivity index (χ1v) is 4.29. The van der Waals surface area contributed by atoms with Crippen LogP contribution in [0.1, 0.15) is 0 Å². The summed E-state index contributed by atoms with van der Waals surface area (Å²) in [5.74, 6) is 0. The second-order valence-electron chi connectivity index (χ2n) is 2.75. The van der Waals surface area contributed by atoms with E-state index in [4.69, 9.17) is 40.2 Å². The number of rotatable bonds is 6. The van der Waals surface area contributed by atoms with Crippen molar-refractivity contribution in [3.8, 4) is 0 Å². The Morgan fingerprint density at radius 1 is 0.750 bits per heavy atom. The molecule has 0 aliphatic carbocycles. The molecule has 8 heteroatoms. The smallest absolute Gasteiger partial charge is 0.182 e. The summed E-state index contributed by atoms with van der Waals surface area (Å²) < 4.78 is 0. The molecule has 0 heterocycles. The van der Waals surface area contributed by atoms with Crippen LogP contribution in [0.3, 0.4) is 0 Å². The van der Waals surface area contributed by atoms with E-state index in [0.717, 1.165) is 0 Å². The van der Waals surface area contributed by atoms with Crippen molar-refractivity contribution < 1.29 is 40.2 Å². The molecule has 0 fully saturated rings. The van der Waals surface area contributed by atoms with Crippen molar-refractivity contribution in [1.29, 1.82) is 0 Å². The highest BCUT2D eigenvalue weighted by molar-refractivity contribution is 6.09. The second-order valence-corrected chi connectivity index (χ2v) is 2.75. The molecule has 4 atom stereocenters. The van der Waals surface area contributed by atoms with Gasteiger partial charge in [-0.2, -0.15) is 0 Å². The minimum atomic E-state index is -1.67. The van der Waals surface area contributed by atoms with Crippen LogP contribution in [0.25, 0.3) is 0 Å². The zero-order valence-corrected chi connectivity index (χ0v) is 8.38. The minimum absolute atomic E-state index is 0.194. The largest absolute Gasteiger partial charge is 0.394 e. The summed E-state index contributed by atoms with van der Waals surface area (Å²) >= 11 is 0. The molecule has 0 aromatic rings. The van der Waals surface area contributed by atoms with Crippen LogP contribution < -0.4 is 0 Å². The number of hydrogen-bond donors (Lipinski definition) is 6. The Morgan fingerprint density at radius 3 is 1.12 bits per heavy atom. The van der Waals surface area contributed by atoms with E-state index in [2.05, 4.69) is 0 Å². The first-order chi connectivity index (χ1) is 7.45. The van der Waals surface area contributed by atoms with Gasteiger partial charge >= 0.3 is 0 Å². The fourth-order valence-electron chi connectivity index (χ4n) is 0.671. The molecule has 0 aromatic heterocycles. The average molecular weight is 240 g/mol.